The smallest absolute Gasteiger partial charge is 0.0540 e. The van der Waals surface area contributed by atoms with Gasteiger partial charge in [0.05, 0.1) is 5.69 Å². The molecular formula is C104H68N2. The van der Waals surface area contributed by atoms with E-state index in [-0.39, 0.29) is 0 Å². The SMILES string of the molecule is c1ccc(N(c2ccc(-c3cccc(-c4ccc(-c5cc6c7cccc(-c8ccc(-c9ccc(N(c%10ccccc%10)c%10ccccc%10-c%10cccc%11ccccc%10%11)cc9)cc8)c7ccc6c6ccccc56)cc4)c3)cc2)c2ccc3cc(-c4cccc5c4ccc4c6ccccc6ccc54)ccc3c2)cc1. The van der Waals surface area contributed by atoms with E-state index in [0.717, 1.165) is 39.7 Å². The van der Waals surface area contributed by atoms with Gasteiger partial charge in [0, 0.05) is 34.0 Å². The van der Waals surface area contributed by atoms with Gasteiger partial charge in [-0.2, -0.15) is 0 Å². The number of hydrogen-bond donors (Lipinski definition) is 0. The minimum absolute atomic E-state index is 1.09. The number of nitrogens with zero attached hydrogens (tertiary/aromatic N) is 2. The van der Waals surface area contributed by atoms with Crippen LogP contribution in [-0.4, -0.2) is 0 Å². The van der Waals surface area contributed by atoms with E-state index in [1.54, 1.807) is 0 Å². The molecule has 0 amide bonds. The van der Waals surface area contributed by atoms with E-state index in [0.29, 0.717) is 0 Å². The van der Waals surface area contributed by atoms with Gasteiger partial charge in [0.1, 0.15) is 0 Å². The Hall–Kier alpha value is -13.9. The molecule has 0 aliphatic rings. The first-order chi connectivity index (χ1) is 52.5. The summed E-state index contributed by atoms with van der Waals surface area (Å²) in [6.07, 6.45) is 0. The van der Waals surface area contributed by atoms with Gasteiger partial charge < -0.3 is 9.80 Å². The second kappa shape index (κ2) is 26.2. The van der Waals surface area contributed by atoms with Gasteiger partial charge >= 0.3 is 0 Å². The highest BCUT2D eigenvalue weighted by molar-refractivity contribution is 6.23. The van der Waals surface area contributed by atoms with Crippen LogP contribution in [0.1, 0.15) is 0 Å². The Kier molecular flexibility index (Phi) is 15.3. The van der Waals surface area contributed by atoms with Gasteiger partial charge in [-0.05, 0) is 243 Å². The zero-order valence-corrected chi connectivity index (χ0v) is 58.2. The maximum absolute atomic E-state index is 2.43. The molecule has 20 aromatic carbocycles. The van der Waals surface area contributed by atoms with E-state index >= 15 is 0 Å². The number of para-hydroxylation sites is 3. The third-order valence-corrected chi connectivity index (χ3v) is 21.8. The Morgan fingerprint density at radius 1 is 0.123 bits per heavy atom. The van der Waals surface area contributed by atoms with E-state index in [4.69, 9.17) is 0 Å². The molecule has 0 fully saturated rings. The van der Waals surface area contributed by atoms with E-state index in [9.17, 15) is 0 Å². The highest BCUT2D eigenvalue weighted by Gasteiger charge is 2.21. The van der Waals surface area contributed by atoms with Crippen LogP contribution in [0.2, 0.25) is 0 Å². The van der Waals surface area contributed by atoms with Gasteiger partial charge in [-0.15, -0.1) is 0 Å². The number of anilines is 6. The molecule has 0 aliphatic carbocycles. The summed E-state index contributed by atoms with van der Waals surface area (Å²) in [6, 6.07) is 152. The topological polar surface area (TPSA) is 6.48 Å². The van der Waals surface area contributed by atoms with E-state index in [2.05, 4.69) is 422 Å². The lowest BCUT2D eigenvalue weighted by molar-refractivity contribution is 1.28. The third-order valence-electron chi connectivity index (χ3n) is 21.8. The zero-order chi connectivity index (χ0) is 70.0. The monoisotopic (exact) mass is 1340 g/mol. The minimum atomic E-state index is 1.09. The van der Waals surface area contributed by atoms with E-state index < -0.39 is 0 Å². The first-order valence-electron chi connectivity index (χ1n) is 36.6. The summed E-state index contributed by atoms with van der Waals surface area (Å²) in [7, 11) is 0. The van der Waals surface area contributed by atoms with Gasteiger partial charge in [-0.1, -0.05) is 328 Å². The molecule has 0 saturated carbocycles. The standard InChI is InChI=1S/C104H68N2/c1-3-24-82(25-4-1)105(86-59-53-79-66-81(48-47-80(79)67-86)90-34-18-36-93-98(90)62-61-97-88-29-10-8-20-74(88)54-60-99(93)97)84-55-51-72(52-56-84)78-23-15-22-77(65-78)71-41-45-76(46-42-71)102-68-103-95-37-17-33-89(96(95)63-64-100(103)92-30-11-12-31-94(92)102)75-43-39-69(40-44-75)70-49-57-85(58-50-70)106(83-26-5-2-6-27-83)104-38-14-13-32-101(104)91-35-16-21-73-19-7-9-28-87(73)91/h1-68H. The second-order valence-electron chi connectivity index (χ2n) is 27.8. The highest BCUT2D eigenvalue weighted by atomic mass is 15.1. The molecular weight excluding hydrogens is 1280 g/mol. The van der Waals surface area contributed by atoms with Gasteiger partial charge in [-0.25, -0.2) is 0 Å². The zero-order valence-electron chi connectivity index (χ0n) is 58.2. The predicted molar refractivity (Wildman–Crippen MR) is 454 cm³/mol. The van der Waals surface area contributed by atoms with Gasteiger partial charge in [0.2, 0.25) is 0 Å². The fourth-order valence-corrected chi connectivity index (χ4v) is 16.6. The van der Waals surface area contributed by atoms with Crippen LogP contribution in [0, 0.1) is 0 Å². The number of benzene rings is 20. The molecule has 20 rings (SSSR count). The quantitative estimate of drug-likeness (QED) is 0.106. The molecule has 0 bridgehead atoms. The van der Waals surface area contributed by atoms with Crippen LogP contribution in [0.5, 0.6) is 0 Å². The summed E-state index contributed by atoms with van der Waals surface area (Å²) in [5.74, 6) is 0. The normalized spacial score (nSPS) is 11.6. The van der Waals surface area contributed by atoms with Crippen molar-refractivity contribution in [2.45, 2.75) is 0 Å². The van der Waals surface area contributed by atoms with Crippen molar-refractivity contribution in [1.82, 2.24) is 0 Å². The Bertz CT molecular complexity index is 6780. The molecule has 20 aromatic rings. The van der Waals surface area contributed by atoms with Crippen molar-refractivity contribution in [1.29, 1.82) is 0 Å². The lowest BCUT2D eigenvalue weighted by Crippen LogP contribution is -2.11. The molecule has 0 aromatic heterocycles. The van der Waals surface area contributed by atoms with Crippen LogP contribution in [0.4, 0.5) is 34.1 Å². The van der Waals surface area contributed by atoms with Crippen LogP contribution in [0.25, 0.3) is 164 Å². The molecule has 494 valence electrons. The summed E-state index contributed by atoms with van der Waals surface area (Å²) in [5, 5.41) is 20.0. The van der Waals surface area contributed by atoms with Gasteiger partial charge in [-0.3, -0.25) is 0 Å². The van der Waals surface area contributed by atoms with E-state index in [1.165, 1.54) is 159 Å². The Balaban J connectivity index is 0.565. The maximum atomic E-state index is 2.43. The van der Waals surface area contributed by atoms with Crippen molar-refractivity contribution in [3.8, 4) is 77.9 Å². The summed E-state index contributed by atoms with van der Waals surface area (Å²) in [5.41, 5.74) is 23.3. The van der Waals surface area contributed by atoms with Crippen LogP contribution in [0.3, 0.4) is 0 Å². The summed E-state index contributed by atoms with van der Waals surface area (Å²) in [4.78, 5) is 4.75. The largest absolute Gasteiger partial charge is 0.310 e. The van der Waals surface area contributed by atoms with E-state index in [1.807, 2.05) is 0 Å². The predicted octanol–water partition coefficient (Wildman–Crippen LogP) is 29.5. The van der Waals surface area contributed by atoms with Crippen molar-refractivity contribution < 1.29 is 0 Å². The van der Waals surface area contributed by atoms with Crippen molar-refractivity contribution >= 4 is 120 Å². The molecule has 0 aliphatic heterocycles. The van der Waals surface area contributed by atoms with Crippen LogP contribution in [-0.2, 0) is 0 Å². The first-order valence-corrected chi connectivity index (χ1v) is 36.6. The van der Waals surface area contributed by atoms with Gasteiger partial charge in [0.25, 0.3) is 0 Å². The van der Waals surface area contributed by atoms with Crippen LogP contribution >= 0.6 is 0 Å². The number of rotatable bonds is 13. The Morgan fingerprint density at radius 3 is 1.14 bits per heavy atom. The maximum Gasteiger partial charge on any atom is 0.0540 e. The molecule has 0 atom stereocenters. The average Bonchev–Trinajstić information content (AvgIpc) is 0.746. The minimum Gasteiger partial charge on any atom is -0.310 e. The molecule has 0 radical (unpaired) electrons. The lowest BCUT2D eigenvalue weighted by Gasteiger charge is -2.28. The fourth-order valence-electron chi connectivity index (χ4n) is 16.6. The third kappa shape index (κ3) is 11.0. The van der Waals surface area contributed by atoms with Crippen molar-refractivity contribution in [2.24, 2.45) is 0 Å². The molecule has 0 unspecified atom stereocenters. The molecule has 2 heteroatoms. The van der Waals surface area contributed by atoms with Crippen molar-refractivity contribution in [3.05, 3.63) is 413 Å². The Labute approximate surface area is 616 Å². The average molecular weight is 1350 g/mol. The molecule has 2 nitrogen and oxygen atoms in total. The second-order valence-corrected chi connectivity index (χ2v) is 27.8. The lowest BCUT2D eigenvalue weighted by atomic mass is 9.88. The summed E-state index contributed by atoms with van der Waals surface area (Å²) in [6.45, 7) is 0. The molecule has 0 saturated heterocycles. The molecule has 0 spiro atoms. The first kappa shape index (κ1) is 61.9. The molecule has 0 heterocycles. The molecule has 0 N–H and O–H groups in total. The van der Waals surface area contributed by atoms with Gasteiger partial charge in [0.15, 0.2) is 0 Å². The number of hydrogen-bond acceptors (Lipinski definition) is 2. The van der Waals surface area contributed by atoms with Crippen molar-refractivity contribution in [2.75, 3.05) is 9.80 Å². The van der Waals surface area contributed by atoms with Crippen LogP contribution in [0.15, 0.2) is 413 Å². The Morgan fingerprint density at radius 2 is 0.472 bits per heavy atom. The summed E-state index contributed by atoms with van der Waals surface area (Å²) >= 11 is 0. The molecule has 106 heavy (non-hydrogen) atoms. The fraction of sp³-hybridized carbons (Fsp3) is 0. The van der Waals surface area contributed by atoms with Crippen molar-refractivity contribution in [3.63, 3.8) is 0 Å². The number of fused-ring (bicyclic) bond motifs is 12. The highest BCUT2D eigenvalue weighted by Crippen LogP contribution is 2.47. The van der Waals surface area contributed by atoms with Crippen LogP contribution < -0.4 is 9.80 Å². The summed E-state index contributed by atoms with van der Waals surface area (Å²) < 4.78 is 0.